The van der Waals surface area contributed by atoms with Gasteiger partial charge in [0.2, 0.25) is 5.91 Å². The van der Waals surface area contributed by atoms with E-state index in [4.69, 9.17) is 10.5 Å². The molecule has 0 atom stereocenters. The number of amides is 1. The monoisotopic (exact) mass is 303 g/mol. The van der Waals surface area contributed by atoms with Crippen LogP contribution in [0, 0.1) is 11.2 Å². The lowest BCUT2D eigenvalue weighted by Gasteiger charge is -2.34. The minimum Gasteiger partial charge on any atom is -0.383 e. The van der Waals surface area contributed by atoms with Crippen LogP contribution in [0.15, 0.2) is 30.5 Å². The molecule has 0 saturated carbocycles. The molecule has 1 aromatic carbocycles. The summed E-state index contributed by atoms with van der Waals surface area (Å²) >= 11 is 0. The first kappa shape index (κ1) is 14.7. The number of fused-ring (bicyclic) bond motifs is 1. The second kappa shape index (κ2) is 5.88. The van der Waals surface area contributed by atoms with Gasteiger partial charge >= 0.3 is 0 Å². The third-order valence-corrected chi connectivity index (χ3v) is 4.29. The van der Waals surface area contributed by atoms with Crippen LogP contribution >= 0.6 is 0 Å². The molecule has 3 rings (SSSR count). The van der Waals surface area contributed by atoms with Crippen LogP contribution in [-0.4, -0.2) is 30.6 Å². The molecule has 2 aromatic rings. The molecule has 6 heteroatoms. The molecule has 1 fully saturated rings. The van der Waals surface area contributed by atoms with Gasteiger partial charge in [0.15, 0.2) is 0 Å². The van der Waals surface area contributed by atoms with E-state index < -0.39 is 5.41 Å². The zero-order valence-electron chi connectivity index (χ0n) is 12.1. The SMILES string of the molecule is NC(=O)C1(CNc2ccnc3cc(F)ccc23)CCOCC1. The van der Waals surface area contributed by atoms with E-state index in [1.54, 1.807) is 12.3 Å². The summed E-state index contributed by atoms with van der Waals surface area (Å²) in [6.07, 6.45) is 2.82. The predicted octanol–water partition coefficient (Wildman–Crippen LogP) is 2.07. The second-order valence-corrected chi connectivity index (χ2v) is 5.63. The van der Waals surface area contributed by atoms with Crippen LogP contribution in [0.4, 0.5) is 10.1 Å². The minimum absolute atomic E-state index is 0.312. The summed E-state index contributed by atoms with van der Waals surface area (Å²) in [5, 5.41) is 4.10. The minimum atomic E-state index is -0.603. The van der Waals surface area contributed by atoms with Crippen LogP contribution < -0.4 is 11.1 Å². The number of hydrogen-bond acceptors (Lipinski definition) is 4. The zero-order valence-corrected chi connectivity index (χ0v) is 12.1. The van der Waals surface area contributed by atoms with Gasteiger partial charge in [-0.05, 0) is 31.0 Å². The van der Waals surface area contributed by atoms with Crippen LogP contribution in [0.2, 0.25) is 0 Å². The van der Waals surface area contributed by atoms with Gasteiger partial charge < -0.3 is 15.8 Å². The van der Waals surface area contributed by atoms with E-state index in [-0.39, 0.29) is 11.7 Å². The standard InChI is InChI=1S/C16H18FN3O2/c17-11-1-2-12-13(3-6-19-14(12)9-11)20-10-16(15(18)21)4-7-22-8-5-16/h1-3,6,9H,4-5,7-8,10H2,(H2,18,21)(H,19,20). The number of aromatic nitrogens is 1. The molecule has 1 aliphatic heterocycles. The number of pyridine rings is 1. The Balaban J connectivity index is 1.85. The molecule has 0 unspecified atom stereocenters. The zero-order chi connectivity index (χ0) is 15.6. The number of hydrogen-bond donors (Lipinski definition) is 2. The van der Waals surface area contributed by atoms with Crippen molar-refractivity contribution in [2.75, 3.05) is 25.1 Å². The molecule has 1 amide bonds. The smallest absolute Gasteiger partial charge is 0.225 e. The van der Waals surface area contributed by atoms with E-state index in [0.29, 0.717) is 38.1 Å². The Morgan fingerprint density at radius 2 is 2.14 bits per heavy atom. The van der Waals surface area contributed by atoms with E-state index in [1.165, 1.54) is 12.1 Å². The van der Waals surface area contributed by atoms with E-state index >= 15 is 0 Å². The number of benzene rings is 1. The maximum Gasteiger partial charge on any atom is 0.225 e. The van der Waals surface area contributed by atoms with Crippen molar-refractivity contribution in [2.45, 2.75) is 12.8 Å². The second-order valence-electron chi connectivity index (χ2n) is 5.63. The molecular formula is C16H18FN3O2. The van der Waals surface area contributed by atoms with Crippen LogP contribution in [-0.2, 0) is 9.53 Å². The molecule has 5 nitrogen and oxygen atoms in total. The quantitative estimate of drug-likeness (QED) is 0.906. The average molecular weight is 303 g/mol. The fraction of sp³-hybridized carbons (Fsp3) is 0.375. The highest BCUT2D eigenvalue weighted by Gasteiger charge is 2.38. The molecule has 116 valence electrons. The van der Waals surface area contributed by atoms with Crippen LogP contribution in [0.1, 0.15) is 12.8 Å². The molecule has 0 bridgehead atoms. The molecule has 1 aliphatic rings. The maximum absolute atomic E-state index is 13.3. The van der Waals surface area contributed by atoms with Gasteiger partial charge in [-0.2, -0.15) is 0 Å². The number of halogens is 1. The van der Waals surface area contributed by atoms with Gasteiger partial charge in [-0.25, -0.2) is 4.39 Å². The van der Waals surface area contributed by atoms with Crippen molar-refractivity contribution in [1.82, 2.24) is 4.98 Å². The Labute approximate surface area is 127 Å². The Hall–Kier alpha value is -2.21. The number of primary amides is 1. The largest absolute Gasteiger partial charge is 0.383 e. The van der Waals surface area contributed by atoms with Crippen molar-refractivity contribution in [2.24, 2.45) is 11.1 Å². The molecule has 3 N–H and O–H groups in total. The lowest BCUT2D eigenvalue weighted by Crippen LogP contribution is -2.46. The number of ether oxygens (including phenoxy) is 1. The summed E-state index contributed by atoms with van der Waals surface area (Å²) < 4.78 is 18.6. The van der Waals surface area contributed by atoms with Crippen molar-refractivity contribution in [1.29, 1.82) is 0 Å². The van der Waals surface area contributed by atoms with Gasteiger partial charge in [0, 0.05) is 43.1 Å². The number of anilines is 1. The number of rotatable bonds is 4. The number of nitrogens with zero attached hydrogens (tertiary/aromatic N) is 1. The van der Waals surface area contributed by atoms with Gasteiger partial charge in [-0.15, -0.1) is 0 Å². The topological polar surface area (TPSA) is 77.2 Å². The van der Waals surface area contributed by atoms with Gasteiger partial charge in [-0.3, -0.25) is 9.78 Å². The molecule has 0 aliphatic carbocycles. The fourth-order valence-corrected chi connectivity index (χ4v) is 2.81. The summed E-state index contributed by atoms with van der Waals surface area (Å²) in [5.41, 5.74) is 6.39. The summed E-state index contributed by atoms with van der Waals surface area (Å²) in [7, 11) is 0. The summed E-state index contributed by atoms with van der Waals surface area (Å²) in [6.45, 7) is 1.50. The van der Waals surface area contributed by atoms with Crippen LogP contribution in [0.3, 0.4) is 0 Å². The molecule has 22 heavy (non-hydrogen) atoms. The first-order valence-electron chi connectivity index (χ1n) is 7.27. The highest BCUT2D eigenvalue weighted by molar-refractivity contribution is 5.91. The average Bonchev–Trinajstić information content (AvgIpc) is 2.53. The van der Waals surface area contributed by atoms with Crippen LogP contribution in [0.25, 0.3) is 10.9 Å². The third-order valence-electron chi connectivity index (χ3n) is 4.29. The van der Waals surface area contributed by atoms with Gasteiger partial charge in [-0.1, -0.05) is 0 Å². The highest BCUT2D eigenvalue weighted by atomic mass is 19.1. The van der Waals surface area contributed by atoms with E-state index in [1.807, 2.05) is 6.07 Å². The molecule has 1 aromatic heterocycles. The van der Waals surface area contributed by atoms with Crippen molar-refractivity contribution >= 4 is 22.5 Å². The van der Waals surface area contributed by atoms with Crippen molar-refractivity contribution in [3.05, 3.63) is 36.3 Å². The van der Waals surface area contributed by atoms with Crippen LogP contribution in [0.5, 0.6) is 0 Å². The van der Waals surface area contributed by atoms with Crippen molar-refractivity contribution < 1.29 is 13.9 Å². The molecule has 2 heterocycles. The number of nitrogens with one attached hydrogen (secondary N) is 1. The molecular weight excluding hydrogens is 285 g/mol. The Morgan fingerprint density at radius 3 is 2.86 bits per heavy atom. The Bertz CT molecular complexity index is 699. The first-order valence-corrected chi connectivity index (χ1v) is 7.27. The Morgan fingerprint density at radius 1 is 1.36 bits per heavy atom. The fourth-order valence-electron chi connectivity index (χ4n) is 2.81. The maximum atomic E-state index is 13.3. The Kier molecular flexibility index (Phi) is 3.94. The third kappa shape index (κ3) is 2.74. The van der Waals surface area contributed by atoms with E-state index in [2.05, 4.69) is 10.3 Å². The lowest BCUT2D eigenvalue weighted by molar-refractivity contribution is -0.132. The van der Waals surface area contributed by atoms with E-state index in [0.717, 1.165) is 11.1 Å². The predicted molar refractivity (Wildman–Crippen MR) is 81.9 cm³/mol. The molecule has 0 radical (unpaired) electrons. The van der Waals surface area contributed by atoms with E-state index in [9.17, 15) is 9.18 Å². The van der Waals surface area contributed by atoms with Crippen molar-refractivity contribution in [3.8, 4) is 0 Å². The number of carbonyl (C=O) groups is 1. The summed E-state index contributed by atoms with van der Waals surface area (Å²) in [6, 6.07) is 6.28. The summed E-state index contributed by atoms with van der Waals surface area (Å²) in [5.74, 6) is -0.636. The molecule has 0 spiro atoms. The van der Waals surface area contributed by atoms with Gasteiger partial charge in [0.1, 0.15) is 5.82 Å². The van der Waals surface area contributed by atoms with Gasteiger partial charge in [0.25, 0.3) is 0 Å². The van der Waals surface area contributed by atoms with Gasteiger partial charge in [0.05, 0.1) is 10.9 Å². The highest BCUT2D eigenvalue weighted by Crippen LogP contribution is 2.31. The normalized spacial score (nSPS) is 17.3. The van der Waals surface area contributed by atoms with Crippen molar-refractivity contribution in [3.63, 3.8) is 0 Å². The summed E-state index contributed by atoms with van der Waals surface area (Å²) in [4.78, 5) is 16.0. The number of nitrogens with two attached hydrogens (primary N) is 1. The lowest BCUT2D eigenvalue weighted by atomic mass is 9.79. The molecule has 1 saturated heterocycles. The first-order chi connectivity index (χ1) is 10.6. The number of carbonyl (C=O) groups excluding carboxylic acids is 1.